The minimum absolute atomic E-state index is 0.0410. The summed E-state index contributed by atoms with van der Waals surface area (Å²) in [6.45, 7) is 0. The quantitative estimate of drug-likeness (QED) is 0.133. The Bertz CT molecular complexity index is 1730. The van der Waals surface area contributed by atoms with E-state index in [0.717, 1.165) is 16.8 Å². The molecule has 1 amide bonds. The molecule has 0 aromatic heterocycles. The number of carbonyl (C=O) groups excluding carboxylic acids is 3. The number of carbonyl (C=O) groups is 3. The van der Waals surface area contributed by atoms with Crippen molar-refractivity contribution in [3.63, 3.8) is 0 Å². The van der Waals surface area contributed by atoms with Crippen molar-refractivity contribution in [3.8, 4) is 0 Å². The molecular weight excluding hydrogens is 496 g/mol. The Hall–Kier alpha value is -5.55. The number of para-hydroxylation sites is 1. The molecule has 4 aromatic carbocycles. The molecule has 6 rings (SSSR count). The van der Waals surface area contributed by atoms with Crippen LogP contribution < -0.4 is 5.32 Å². The van der Waals surface area contributed by atoms with E-state index in [2.05, 4.69) is 5.32 Å². The molecule has 2 aliphatic rings. The highest BCUT2D eigenvalue weighted by Gasteiger charge is 2.37. The molecule has 2 heterocycles. The van der Waals surface area contributed by atoms with Crippen LogP contribution in [0.25, 0.3) is 11.3 Å². The summed E-state index contributed by atoms with van der Waals surface area (Å²) < 4.78 is 0. The summed E-state index contributed by atoms with van der Waals surface area (Å²) in [6, 6.07) is 36.9. The fourth-order valence-corrected chi connectivity index (χ4v) is 4.95. The van der Waals surface area contributed by atoms with Crippen LogP contribution >= 0.6 is 0 Å². The molecule has 0 atom stereocenters. The van der Waals surface area contributed by atoms with Gasteiger partial charge in [0, 0.05) is 17.5 Å². The van der Waals surface area contributed by atoms with Crippen LogP contribution in [0, 0.1) is 0 Å². The highest BCUT2D eigenvalue weighted by atomic mass is 16.2. The number of anilines is 1. The average molecular weight is 521 g/mol. The van der Waals surface area contributed by atoms with E-state index in [1.165, 1.54) is 0 Å². The van der Waals surface area contributed by atoms with Gasteiger partial charge in [-0.25, -0.2) is 0 Å². The van der Waals surface area contributed by atoms with Gasteiger partial charge in [0.25, 0.3) is 5.91 Å². The first-order chi connectivity index (χ1) is 19.6. The third-order valence-corrected chi connectivity index (χ3v) is 6.81. The molecular formula is C35H24N2O3. The zero-order valence-electron chi connectivity index (χ0n) is 21.5. The second-order valence-electron chi connectivity index (χ2n) is 9.35. The van der Waals surface area contributed by atoms with Gasteiger partial charge in [0.1, 0.15) is 0 Å². The van der Waals surface area contributed by atoms with Crippen LogP contribution in [0.5, 0.6) is 0 Å². The summed E-state index contributed by atoms with van der Waals surface area (Å²) in [4.78, 5) is 43.2. The lowest BCUT2D eigenvalue weighted by atomic mass is 9.94. The predicted octanol–water partition coefficient (Wildman–Crippen LogP) is 6.67. The van der Waals surface area contributed by atoms with Crippen molar-refractivity contribution in [2.24, 2.45) is 0 Å². The SMILES string of the molecule is O=C(Nc1ccccc1)C(C(=O)c1ccccc1)=C1C=CN2C(=C1)C(=O)C(c1ccccc1)=C2c1ccccc1. The Balaban J connectivity index is 1.49. The first-order valence-corrected chi connectivity index (χ1v) is 12.9. The van der Waals surface area contributed by atoms with Gasteiger partial charge >= 0.3 is 0 Å². The number of nitrogens with zero attached hydrogens (tertiary/aromatic N) is 1. The Kier molecular flexibility index (Phi) is 6.61. The monoisotopic (exact) mass is 520 g/mol. The number of rotatable bonds is 6. The van der Waals surface area contributed by atoms with Crippen molar-refractivity contribution >= 4 is 34.4 Å². The maximum absolute atomic E-state index is 14.0. The highest BCUT2D eigenvalue weighted by Crippen LogP contribution is 2.43. The van der Waals surface area contributed by atoms with Crippen LogP contribution in [0.3, 0.4) is 0 Å². The van der Waals surface area contributed by atoms with Crippen molar-refractivity contribution in [2.45, 2.75) is 0 Å². The minimum atomic E-state index is -0.546. The molecule has 4 aromatic rings. The smallest absolute Gasteiger partial charge is 0.260 e. The number of fused-ring (bicyclic) bond motifs is 1. The fraction of sp³-hybridized carbons (Fsp3) is 0. The van der Waals surface area contributed by atoms with Crippen LogP contribution in [0.2, 0.25) is 0 Å². The van der Waals surface area contributed by atoms with E-state index in [1.807, 2.05) is 77.7 Å². The summed E-state index contributed by atoms with van der Waals surface area (Å²) in [5, 5.41) is 2.84. The number of amides is 1. The van der Waals surface area contributed by atoms with Crippen LogP contribution in [-0.4, -0.2) is 22.4 Å². The van der Waals surface area contributed by atoms with Crippen LogP contribution in [0.4, 0.5) is 5.69 Å². The molecule has 2 aliphatic heterocycles. The van der Waals surface area contributed by atoms with E-state index in [1.54, 1.807) is 66.9 Å². The van der Waals surface area contributed by atoms with Gasteiger partial charge in [-0.1, -0.05) is 109 Å². The minimum Gasteiger partial charge on any atom is -0.322 e. The molecule has 0 aliphatic carbocycles. The Morgan fingerprint density at radius 3 is 1.82 bits per heavy atom. The molecule has 0 radical (unpaired) electrons. The lowest BCUT2D eigenvalue weighted by Crippen LogP contribution is -2.24. The zero-order chi connectivity index (χ0) is 27.5. The van der Waals surface area contributed by atoms with Crippen LogP contribution in [-0.2, 0) is 9.59 Å². The second kappa shape index (κ2) is 10.7. The summed E-state index contributed by atoms with van der Waals surface area (Å²) >= 11 is 0. The Labute approximate surface area is 232 Å². The van der Waals surface area contributed by atoms with Gasteiger partial charge in [0.15, 0.2) is 5.78 Å². The largest absolute Gasteiger partial charge is 0.322 e. The predicted molar refractivity (Wildman–Crippen MR) is 157 cm³/mol. The van der Waals surface area contributed by atoms with Crippen LogP contribution in [0.15, 0.2) is 157 Å². The zero-order valence-corrected chi connectivity index (χ0v) is 21.5. The number of nitrogens with one attached hydrogen (secondary N) is 1. The summed E-state index contributed by atoms with van der Waals surface area (Å²) in [6.07, 6.45) is 5.12. The van der Waals surface area contributed by atoms with Crippen molar-refractivity contribution in [3.05, 3.63) is 173 Å². The molecule has 0 unspecified atom stereocenters. The number of Topliss-reactive ketones (excluding diaryl/α,β-unsaturated/α-hetero) is 2. The lowest BCUT2D eigenvalue weighted by Gasteiger charge is -2.23. The van der Waals surface area contributed by atoms with E-state index < -0.39 is 11.7 Å². The maximum atomic E-state index is 14.0. The molecule has 0 saturated heterocycles. The van der Waals surface area contributed by atoms with Gasteiger partial charge < -0.3 is 10.2 Å². The van der Waals surface area contributed by atoms with E-state index >= 15 is 0 Å². The van der Waals surface area contributed by atoms with Gasteiger partial charge in [-0.05, 0) is 41.0 Å². The van der Waals surface area contributed by atoms with E-state index in [-0.39, 0.29) is 11.4 Å². The number of hydrogen-bond donors (Lipinski definition) is 1. The molecule has 5 nitrogen and oxygen atoms in total. The summed E-state index contributed by atoms with van der Waals surface area (Å²) in [5.74, 6) is -1.15. The standard InChI is InChI=1S/C35H24N2O3/c38-33(26-17-9-3-10-18-26)31(35(40)36-28-19-11-4-12-20-28)27-21-22-37-29(23-27)34(39)30(24-13-5-1-6-14-24)32(37)25-15-7-2-8-16-25/h1-23H,(H,36,40). The number of ketones is 2. The molecule has 40 heavy (non-hydrogen) atoms. The maximum Gasteiger partial charge on any atom is 0.260 e. The van der Waals surface area contributed by atoms with E-state index in [4.69, 9.17) is 0 Å². The van der Waals surface area contributed by atoms with Gasteiger partial charge in [-0.2, -0.15) is 0 Å². The molecule has 0 saturated carbocycles. The van der Waals surface area contributed by atoms with Gasteiger partial charge in [0.05, 0.1) is 22.5 Å². The molecule has 0 bridgehead atoms. The van der Waals surface area contributed by atoms with E-state index in [9.17, 15) is 14.4 Å². The van der Waals surface area contributed by atoms with Crippen molar-refractivity contribution in [2.75, 3.05) is 5.32 Å². The summed E-state index contributed by atoms with van der Waals surface area (Å²) in [5.41, 5.74) is 4.65. The second-order valence-corrected chi connectivity index (χ2v) is 9.35. The molecule has 0 fully saturated rings. The third-order valence-electron chi connectivity index (χ3n) is 6.81. The molecule has 1 N–H and O–H groups in total. The summed E-state index contributed by atoms with van der Waals surface area (Å²) in [7, 11) is 0. The normalized spacial score (nSPS) is 15.4. The van der Waals surface area contributed by atoms with Crippen molar-refractivity contribution < 1.29 is 14.4 Å². The van der Waals surface area contributed by atoms with Crippen molar-refractivity contribution in [1.29, 1.82) is 0 Å². The first kappa shape index (κ1) is 24.8. The topological polar surface area (TPSA) is 66.5 Å². The van der Waals surface area contributed by atoms with Crippen LogP contribution in [0.1, 0.15) is 21.5 Å². The Morgan fingerprint density at radius 1 is 0.650 bits per heavy atom. The fourth-order valence-electron chi connectivity index (χ4n) is 4.95. The average Bonchev–Trinajstić information content (AvgIpc) is 3.30. The van der Waals surface area contributed by atoms with Gasteiger partial charge in [-0.15, -0.1) is 0 Å². The third kappa shape index (κ3) is 4.61. The number of benzene rings is 4. The molecule has 192 valence electrons. The molecule has 5 heteroatoms. The molecule has 0 spiro atoms. The Morgan fingerprint density at radius 2 is 1.20 bits per heavy atom. The van der Waals surface area contributed by atoms with Gasteiger partial charge in [-0.3, -0.25) is 14.4 Å². The van der Waals surface area contributed by atoms with Crippen molar-refractivity contribution in [1.82, 2.24) is 4.90 Å². The number of allylic oxidation sites excluding steroid dienone is 4. The first-order valence-electron chi connectivity index (χ1n) is 12.9. The van der Waals surface area contributed by atoms with Gasteiger partial charge in [0.2, 0.25) is 5.78 Å². The van der Waals surface area contributed by atoms with E-state index in [0.29, 0.717) is 28.1 Å². The number of hydrogen-bond acceptors (Lipinski definition) is 4. The lowest BCUT2D eigenvalue weighted by molar-refractivity contribution is -0.113. The highest BCUT2D eigenvalue weighted by molar-refractivity contribution is 6.38.